The maximum Gasteiger partial charge on any atom is 0.306 e. The molecule has 1 aliphatic carbocycles. The van der Waals surface area contributed by atoms with Crippen LogP contribution in [0.5, 0.6) is 0 Å². The molecule has 0 bridgehead atoms. The molecule has 0 radical (unpaired) electrons. The van der Waals surface area contributed by atoms with Crippen molar-refractivity contribution in [3.8, 4) is 0 Å². The zero-order valence-electron chi connectivity index (χ0n) is 13.0. The number of esters is 1. The lowest BCUT2D eigenvalue weighted by molar-refractivity contribution is -0.156. The zero-order valence-corrected chi connectivity index (χ0v) is 13.0. The number of hydrogen-bond donors (Lipinski definition) is 0. The van der Waals surface area contributed by atoms with Crippen molar-refractivity contribution in [2.45, 2.75) is 65.4 Å². The van der Waals surface area contributed by atoms with Crippen LogP contribution in [0.1, 0.15) is 59.3 Å². The Morgan fingerprint density at radius 1 is 1.26 bits per heavy atom. The molecule has 1 saturated carbocycles. The summed E-state index contributed by atoms with van der Waals surface area (Å²) in [5, 5.41) is 0. The van der Waals surface area contributed by atoms with Crippen molar-refractivity contribution in [1.82, 2.24) is 0 Å². The fourth-order valence-electron chi connectivity index (χ4n) is 2.99. The first-order chi connectivity index (χ1) is 9.04. The molecule has 0 amide bonds. The lowest BCUT2D eigenvalue weighted by Crippen LogP contribution is -2.35. The van der Waals surface area contributed by atoms with Crippen molar-refractivity contribution in [3.05, 3.63) is 0 Å². The minimum Gasteiger partial charge on any atom is -0.462 e. The summed E-state index contributed by atoms with van der Waals surface area (Å²) in [5.74, 6) is 1.79. The quantitative estimate of drug-likeness (QED) is 0.521. The topological polar surface area (TPSA) is 35.5 Å². The van der Waals surface area contributed by atoms with E-state index in [9.17, 15) is 4.79 Å². The standard InChI is InChI=1S/C16H30O3/c1-12(2)14-9-8-13(3)11-15(14)19-16(17)7-5-6-10-18-4/h12-15H,5-11H2,1-4H3/t13-,14+,15-/m1/s1. The van der Waals surface area contributed by atoms with Crippen LogP contribution in [0, 0.1) is 17.8 Å². The first kappa shape index (κ1) is 16.5. The number of ether oxygens (including phenoxy) is 2. The van der Waals surface area contributed by atoms with E-state index >= 15 is 0 Å². The van der Waals surface area contributed by atoms with E-state index in [2.05, 4.69) is 20.8 Å². The largest absolute Gasteiger partial charge is 0.462 e. The first-order valence-electron chi connectivity index (χ1n) is 7.73. The summed E-state index contributed by atoms with van der Waals surface area (Å²) in [4.78, 5) is 11.9. The van der Waals surface area contributed by atoms with Gasteiger partial charge in [0.15, 0.2) is 0 Å². The second kappa shape index (κ2) is 8.57. The first-order valence-corrected chi connectivity index (χ1v) is 7.73. The van der Waals surface area contributed by atoms with Crippen LogP contribution in [0.25, 0.3) is 0 Å². The molecule has 3 nitrogen and oxygen atoms in total. The van der Waals surface area contributed by atoms with Crippen molar-refractivity contribution >= 4 is 5.97 Å². The molecule has 19 heavy (non-hydrogen) atoms. The van der Waals surface area contributed by atoms with Crippen molar-refractivity contribution in [2.24, 2.45) is 17.8 Å². The average molecular weight is 270 g/mol. The molecule has 0 saturated heterocycles. The zero-order chi connectivity index (χ0) is 14.3. The molecule has 3 atom stereocenters. The highest BCUT2D eigenvalue weighted by Gasteiger charge is 2.33. The third-order valence-electron chi connectivity index (χ3n) is 4.22. The number of unbranched alkanes of at least 4 members (excludes halogenated alkanes) is 1. The van der Waals surface area contributed by atoms with Crippen LogP contribution >= 0.6 is 0 Å². The van der Waals surface area contributed by atoms with Gasteiger partial charge in [-0.25, -0.2) is 0 Å². The fourth-order valence-corrected chi connectivity index (χ4v) is 2.99. The Kier molecular flexibility index (Phi) is 7.44. The summed E-state index contributed by atoms with van der Waals surface area (Å²) in [6, 6.07) is 0. The van der Waals surface area contributed by atoms with Crippen LogP contribution in [-0.2, 0) is 14.3 Å². The lowest BCUT2D eigenvalue weighted by atomic mass is 9.75. The molecule has 112 valence electrons. The summed E-state index contributed by atoms with van der Waals surface area (Å²) in [5.41, 5.74) is 0. The predicted octanol–water partition coefficient (Wildman–Crippen LogP) is 3.81. The number of carbonyl (C=O) groups excluding carboxylic acids is 1. The molecule has 0 aromatic heterocycles. The Morgan fingerprint density at radius 3 is 2.63 bits per heavy atom. The molecule has 0 aromatic carbocycles. The van der Waals surface area contributed by atoms with Crippen LogP contribution in [0.3, 0.4) is 0 Å². The molecule has 0 heterocycles. The van der Waals surface area contributed by atoms with E-state index in [1.165, 1.54) is 12.8 Å². The smallest absolute Gasteiger partial charge is 0.306 e. The molecule has 0 N–H and O–H groups in total. The third-order valence-corrected chi connectivity index (χ3v) is 4.22. The van der Waals surface area contributed by atoms with E-state index in [-0.39, 0.29) is 12.1 Å². The van der Waals surface area contributed by atoms with E-state index in [0.717, 1.165) is 25.9 Å². The normalized spacial score (nSPS) is 27.5. The van der Waals surface area contributed by atoms with Gasteiger partial charge in [0.1, 0.15) is 6.10 Å². The second-order valence-electron chi connectivity index (χ2n) is 6.30. The molecular formula is C16H30O3. The minimum absolute atomic E-state index is 0.0270. The number of hydrogen-bond acceptors (Lipinski definition) is 3. The van der Waals surface area contributed by atoms with Crippen LogP contribution in [0.15, 0.2) is 0 Å². The van der Waals surface area contributed by atoms with E-state index in [1.54, 1.807) is 7.11 Å². The Balaban J connectivity index is 2.36. The molecule has 3 heteroatoms. The highest BCUT2D eigenvalue weighted by molar-refractivity contribution is 5.69. The van der Waals surface area contributed by atoms with Gasteiger partial charge in [0, 0.05) is 20.1 Å². The molecular weight excluding hydrogens is 240 g/mol. The molecule has 1 rings (SSSR count). The van der Waals surface area contributed by atoms with Crippen molar-refractivity contribution in [2.75, 3.05) is 13.7 Å². The molecule has 0 aromatic rings. The Labute approximate surface area is 118 Å². The fraction of sp³-hybridized carbons (Fsp3) is 0.938. The number of carbonyl (C=O) groups is 1. The van der Waals surface area contributed by atoms with Gasteiger partial charge in [-0.1, -0.05) is 27.2 Å². The molecule has 1 fully saturated rings. The van der Waals surface area contributed by atoms with Gasteiger partial charge in [0.25, 0.3) is 0 Å². The van der Waals surface area contributed by atoms with Gasteiger partial charge in [0.05, 0.1) is 0 Å². The van der Waals surface area contributed by atoms with E-state index in [0.29, 0.717) is 24.2 Å². The second-order valence-corrected chi connectivity index (χ2v) is 6.30. The molecule has 0 aliphatic heterocycles. The lowest BCUT2D eigenvalue weighted by Gasteiger charge is -2.36. The summed E-state index contributed by atoms with van der Waals surface area (Å²) in [6.07, 6.45) is 5.96. The average Bonchev–Trinajstić information content (AvgIpc) is 2.34. The minimum atomic E-state index is -0.0270. The summed E-state index contributed by atoms with van der Waals surface area (Å²) >= 11 is 0. The van der Waals surface area contributed by atoms with Gasteiger partial charge in [-0.15, -0.1) is 0 Å². The van der Waals surface area contributed by atoms with Crippen molar-refractivity contribution < 1.29 is 14.3 Å². The Morgan fingerprint density at radius 2 is 2.00 bits per heavy atom. The predicted molar refractivity (Wildman–Crippen MR) is 77.0 cm³/mol. The van der Waals surface area contributed by atoms with Gasteiger partial charge in [-0.2, -0.15) is 0 Å². The van der Waals surface area contributed by atoms with Crippen LogP contribution in [-0.4, -0.2) is 25.8 Å². The van der Waals surface area contributed by atoms with E-state index in [4.69, 9.17) is 9.47 Å². The van der Waals surface area contributed by atoms with Crippen LogP contribution in [0.2, 0.25) is 0 Å². The Hall–Kier alpha value is -0.570. The van der Waals surface area contributed by atoms with Crippen LogP contribution < -0.4 is 0 Å². The summed E-state index contributed by atoms with van der Waals surface area (Å²) in [6.45, 7) is 7.46. The monoisotopic (exact) mass is 270 g/mol. The van der Waals surface area contributed by atoms with E-state index in [1.807, 2.05) is 0 Å². The summed E-state index contributed by atoms with van der Waals surface area (Å²) < 4.78 is 10.7. The molecule has 0 unspecified atom stereocenters. The highest BCUT2D eigenvalue weighted by atomic mass is 16.5. The molecule has 1 aliphatic rings. The van der Waals surface area contributed by atoms with Crippen molar-refractivity contribution in [1.29, 1.82) is 0 Å². The van der Waals surface area contributed by atoms with Gasteiger partial charge < -0.3 is 9.47 Å². The van der Waals surface area contributed by atoms with Gasteiger partial charge in [0.2, 0.25) is 0 Å². The SMILES string of the molecule is COCCCCC(=O)O[C@@H]1C[C@H](C)CC[C@H]1C(C)C. The van der Waals surface area contributed by atoms with Crippen molar-refractivity contribution in [3.63, 3.8) is 0 Å². The van der Waals surface area contributed by atoms with E-state index < -0.39 is 0 Å². The number of methoxy groups -OCH3 is 1. The van der Waals surface area contributed by atoms with Gasteiger partial charge in [-0.3, -0.25) is 4.79 Å². The summed E-state index contributed by atoms with van der Waals surface area (Å²) in [7, 11) is 1.69. The van der Waals surface area contributed by atoms with Gasteiger partial charge in [-0.05, 0) is 43.4 Å². The maximum absolute atomic E-state index is 11.9. The highest BCUT2D eigenvalue weighted by Crippen LogP contribution is 2.35. The van der Waals surface area contributed by atoms with Gasteiger partial charge >= 0.3 is 5.97 Å². The molecule has 0 spiro atoms. The maximum atomic E-state index is 11.9. The Bertz CT molecular complexity index is 263. The third kappa shape index (κ3) is 5.94. The number of rotatable bonds is 7. The van der Waals surface area contributed by atoms with Crippen LogP contribution in [0.4, 0.5) is 0 Å².